The minimum Gasteiger partial charge on any atom is -0.300 e. The Morgan fingerprint density at radius 3 is 1.93 bits per heavy atom. The third kappa shape index (κ3) is 3.51. The van der Waals surface area contributed by atoms with Crippen LogP contribution in [0.25, 0.3) is 0 Å². The Labute approximate surface area is 174 Å². The maximum absolute atomic E-state index is 4.52. The molecule has 1 aromatic heterocycles. The molecule has 4 heterocycles. The monoisotopic (exact) mass is 382 g/mol. The molecule has 0 saturated carbocycles. The van der Waals surface area contributed by atoms with Crippen molar-refractivity contribution in [2.24, 2.45) is 5.92 Å². The Hall–Kier alpha value is -2.45. The zero-order chi connectivity index (χ0) is 19.5. The lowest BCUT2D eigenvalue weighted by Gasteiger charge is -2.47. The van der Waals surface area contributed by atoms with Gasteiger partial charge in [-0.1, -0.05) is 66.7 Å². The van der Waals surface area contributed by atoms with Crippen molar-refractivity contribution in [1.82, 2.24) is 9.88 Å². The molecule has 3 saturated heterocycles. The number of rotatable bonds is 6. The minimum absolute atomic E-state index is 0.158. The summed E-state index contributed by atoms with van der Waals surface area (Å²) >= 11 is 0. The second-order valence-corrected chi connectivity index (χ2v) is 8.79. The third-order valence-corrected chi connectivity index (χ3v) is 7.31. The van der Waals surface area contributed by atoms with Crippen LogP contribution < -0.4 is 0 Å². The number of piperidine rings is 3. The van der Waals surface area contributed by atoms with Gasteiger partial charge in [-0.25, -0.2) is 0 Å². The largest absolute Gasteiger partial charge is 0.300 e. The summed E-state index contributed by atoms with van der Waals surface area (Å²) in [7, 11) is 0. The number of hydrogen-bond donors (Lipinski definition) is 0. The van der Waals surface area contributed by atoms with Crippen molar-refractivity contribution in [2.75, 3.05) is 13.1 Å². The average Bonchev–Trinajstić information content (AvgIpc) is 2.82. The van der Waals surface area contributed by atoms with Crippen molar-refractivity contribution in [3.05, 3.63) is 102 Å². The van der Waals surface area contributed by atoms with Gasteiger partial charge in [-0.3, -0.25) is 4.98 Å². The first kappa shape index (κ1) is 18.6. The molecular formula is C27H30N2. The zero-order valence-corrected chi connectivity index (χ0v) is 17.1. The molecule has 2 aromatic carbocycles. The fraction of sp³-hybridized carbons (Fsp3) is 0.370. The summed E-state index contributed by atoms with van der Waals surface area (Å²) in [6.07, 6.45) is 10.5. The molecule has 3 aromatic rings. The van der Waals surface area contributed by atoms with Gasteiger partial charge in [0, 0.05) is 23.9 Å². The first-order chi connectivity index (χ1) is 14.4. The summed E-state index contributed by atoms with van der Waals surface area (Å²) in [5.74, 6) is 0.950. The number of aromatic nitrogens is 1. The summed E-state index contributed by atoms with van der Waals surface area (Å²) in [6.45, 7) is 2.60. The number of pyridine rings is 1. The molecule has 0 aliphatic carbocycles. The van der Waals surface area contributed by atoms with E-state index in [2.05, 4.69) is 88.9 Å². The molecule has 2 bridgehead atoms. The SMILES string of the molecule is c1ccc(C(CCC2CC3CCN2CC3)(c2ccccc2)c2cccnc2)cc1. The molecule has 6 rings (SSSR count). The van der Waals surface area contributed by atoms with Crippen LogP contribution in [0.3, 0.4) is 0 Å². The number of hydrogen-bond acceptors (Lipinski definition) is 2. The van der Waals surface area contributed by atoms with Crippen LogP contribution in [0.1, 0.15) is 48.8 Å². The van der Waals surface area contributed by atoms with E-state index in [-0.39, 0.29) is 5.41 Å². The van der Waals surface area contributed by atoms with E-state index in [1.54, 1.807) is 0 Å². The van der Waals surface area contributed by atoms with Crippen LogP contribution in [0, 0.1) is 5.92 Å². The van der Waals surface area contributed by atoms with Crippen molar-refractivity contribution in [3.8, 4) is 0 Å². The Bertz CT molecular complexity index is 802. The van der Waals surface area contributed by atoms with Gasteiger partial charge in [0.2, 0.25) is 0 Å². The summed E-state index contributed by atoms with van der Waals surface area (Å²) in [4.78, 5) is 7.28. The van der Waals surface area contributed by atoms with Crippen LogP contribution in [-0.2, 0) is 5.41 Å². The quantitative estimate of drug-likeness (QED) is 0.545. The molecule has 0 radical (unpaired) electrons. The summed E-state index contributed by atoms with van der Waals surface area (Å²) in [5, 5.41) is 0. The van der Waals surface area contributed by atoms with E-state index < -0.39 is 0 Å². The van der Waals surface area contributed by atoms with E-state index in [9.17, 15) is 0 Å². The number of nitrogens with zero attached hydrogens (tertiary/aromatic N) is 2. The molecule has 3 aliphatic heterocycles. The normalized spacial score (nSPS) is 23.8. The highest BCUT2D eigenvalue weighted by Crippen LogP contribution is 2.44. The van der Waals surface area contributed by atoms with Crippen LogP contribution >= 0.6 is 0 Å². The van der Waals surface area contributed by atoms with E-state index >= 15 is 0 Å². The lowest BCUT2D eigenvalue weighted by atomic mass is 9.66. The molecule has 0 N–H and O–H groups in total. The average molecular weight is 383 g/mol. The van der Waals surface area contributed by atoms with Crippen molar-refractivity contribution >= 4 is 0 Å². The highest BCUT2D eigenvalue weighted by Gasteiger charge is 2.39. The first-order valence-electron chi connectivity index (χ1n) is 11.1. The predicted octanol–water partition coefficient (Wildman–Crippen LogP) is 5.68. The molecule has 29 heavy (non-hydrogen) atoms. The maximum atomic E-state index is 4.52. The van der Waals surface area contributed by atoms with Gasteiger partial charge in [-0.15, -0.1) is 0 Å². The van der Waals surface area contributed by atoms with E-state index in [4.69, 9.17) is 0 Å². The highest BCUT2D eigenvalue weighted by molar-refractivity contribution is 5.49. The first-order valence-corrected chi connectivity index (χ1v) is 11.1. The maximum Gasteiger partial charge on any atom is 0.0467 e. The smallest absolute Gasteiger partial charge is 0.0467 e. The zero-order valence-electron chi connectivity index (χ0n) is 17.1. The molecule has 148 valence electrons. The Morgan fingerprint density at radius 2 is 1.41 bits per heavy atom. The summed E-state index contributed by atoms with van der Waals surface area (Å²) < 4.78 is 0. The Balaban J connectivity index is 1.58. The summed E-state index contributed by atoms with van der Waals surface area (Å²) in [5.41, 5.74) is 3.88. The van der Waals surface area contributed by atoms with Crippen LogP contribution in [0.4, 0.5) is 0 Å². The van der Waals surface area contributed by atoms with Gasteiger partial charge < -0.3 is 4.90 Å². The molecule has 1 unspecified atom stereocenters. The van der Waals surface area contributed by atoms with E-state index in [1.165, 1.54) is 55.5 Å². The van der Waals surface area contributed by atoms with E-state index in [0.717, 1.165) is 18.4 Å². The van der Waals surface area contributed by atoms with Crippen LogP contribution in [0.2, 0.25) is 0 Å². The standard InChI is InChI=1S/C27H30N2/c1-3-8-23(9-4-1)27(24-10-5-2-6-11-24,25-12-7-17-28-21-25)16-13-26-20-22-14-18-29(26)19-15-22/h1-12,17,21-22,26H,13-16,18-20H2. The van der Waals surface area contributed by atoms with Crippen molar-refractivity contribution in [3.63, 3.8) is 0 Å². The van der Waals surface area contributed by atoms with Gasteiger partial charge in [0.25, 0.3) is 0 Å². The highest BCUT2D eigenvalue weighted by atomic mass is 15.2. The topological polar surface area (TPSA) is 16.1 Å². The van der Waals surface area contributed by atoms with E-state index in [1.807, 2.05) is 6.20 Å². The minimum atomic E-state index is -0.158. The van der Waals surface area contributed by atoms with Gasteiger partial charge in [-0.05, 0) is 73.9 Å². The number of fused-ring (bicyclic) bond motifs is 3. The van der Waals surface area contributed by atoms with Crippen molar-refractivity contribution in [1.29, 1.82) is 0 Å². The molecular weight excluding hydrogens is 352 g/mol. The lowest BCUT2D eigenvalue weighted by molar-refractivity contribution is 0.0423. The molecule has 1 atom stereocenters. The van der Waals surface area contributed by atoms with Gasteiger partial charge in [-0.2, -0.15) is 0 Å². The Kier molecular flexibility index (Phi) is 5.20. The fourth-order valence-electron chi connectivity index (χ4n) is 5.76. The molecule has 2 nitrogen and oxygen atoms in total. The molecule has 2 heteroatoms. The molecule has 0 amide bonds. The van der Waals surface area contributed by atoms with E-state index in [0.29, 0.717) is 0 Å². The molecule has 3 aliphatic rings. The molecule has 3 fully saturated rings. The number of benzene rings is 2. The van der Waals surface area contributed by atoms with Gasteiger partial charge >= 0.3 is 0 Å². The lowest BCUT2D eigenvalue weighted by Crippen LogP contribution is -2.49. The van der Waals surface area contributed by atoms with Crippen LogP contribution in [0.5, 0.6) is 0 Å². The van der Waals surface area contributed by atoms with Crippen molar-refractivity contribution < 1.29 is 0 Å². The van der Waals surface area contributed by atoms with Gasteiger partial charge in [0.05, 0.1) is 0 Å². The van der Waals surface area contributed by atoms with Crippen LogP contribution in [-0.4, -0.2) is 29.0 Å². The second kappa shape index (κ2) is 8.12. The second-order valence-electron chi connectivity index (χ2n) is 8.79. The van der Waals surface area contributed by atoms with Crippen molar-refractivity contribution in [2.45, 2.75) is 43.6 Å². The third-order valence-electron chi connectivity index (χ3n) is 7.31. The molecule has 0 spiro atoms. The predicted molar refractivity (Wildman–Crippen MR) is 119 cm³/mol. The Morgan fingerprint density at radius 1 is 0.793 bits per heavy atom. The van der Waals surface area contributed by atoms with Crippen LogP contribution in [0.15, 0.2) is 85.2 Å². The van der Waals surface area contributed by atoms with Gasteiger partial charge in [0.15, 0.2) is 0 Å². The van der Waals surface area contributed by atoms with Gasteiger partial charge in [0.1, 0.15) is 0 Å². The summed E-state index contributed by atoms with van der Waals surface area (Å²) in [6, 6.07) is 27.2. The fourth-order valence-corrected chi connectivity index (χ4v) is 5.76.